The molecule has 0 N–H and O–H groups in total. The summed E-state index contributed by atoms with van der Waals surface area (Å²) < 4.78 is 6.60. The van der Waals surface area contributed by atoms with Crippen molar-refractivity contribution in [3.63, 3.8) is 0 Å². The van der Waals surface area contributed by atoms with Crippen molar-refractivity contribution in [2.75, 3.05) is 4.90 Å². The van der Waals surface area contributed by atoms with Gasteiger partial charge in [0.25, 0.3) is 0 Å². The van der Waals surface area contributed by atoms with E-state index in [0.717, 1.165) is 50.1 Å². The zero-order chi connectivity index (χ0) is 33.3. The Bertz CT molecular complexity index is 2590. The first kappa shape index (κ1) is 29.5. The second-order valence-corrected chi connectivity index (χ2v) is 12.4. The molecule has 9 rings (SSSR count). The van der Waals surface area contributed by atoms with Crippen molar-refractivity contribution in [3.05, 3.63) is 200 Å². The van der Waals surface area contributed by atoms with E-state index in [4.69, 9.17) is 4.42 Å². The highest BCUT2D eigenvalue weighted by Gasteiger charge is 2.25. The van der Waals surface area contributed by atoms with Gasteiger partial charge in [-0.15, -0.1) is 0 Å². The smallest absolute Gasteiger partial charge is 0.143 e. The van der Waals surface area contributed by atoms with Gasteiger partial charge >= 0.3 is 0 Å². The van der Waals surface area contributed by atoms with Crippen LogP contribution in [-0.2, 0) is 0 Å². The number of anilines is 3. The minimum Gasteiger partial charge on any atom is -0.455 e. The predicted molar refractivity (Wildman–Crippen MR) is 210 cm³/mol. The molecule has 236 valence electrons. The van der Waals surface area contributed by atoms with Crippen LogP contribution < -0.4 is 4.90 Å². The molecular formula is C48H33NO. The minimum absolute atomic E-state index is 0.891. The molecule has 0 saturated heterocycles. The van der Waals surface area contributed by atoms with E-state index in [2.05, 4.69) is 193 Å². The molecule has 0 unspecified atom stereocenters. The van der Waals surface area contributed by atoms with E-state index < -0.39 is 0 Å². The fourth-order valence-electron chi connectivity index (χ4n) is 7.28. The van der Waals surface area contributed by atoms with Crippen LogP contribution in [0, 0.1) is 0 Å². The van der Waals surface area contributed by atoms with Crippen LogP contribution in [0.4, 0.5) is 17.1 Å². The van der Waals surface area contributed by atoms with Crippen LogP contribution in [0.25, 0.3) is 66.4 Å². The van der Waals surface area contributed by atoms with Gasteiger partial charge in [0.2, 0.25) is 0 Å². The van der Waals surface area contributed by atoms with E-state index in [0.29, 0.717) is 0 Å². The zero-order valence-electron chi connectivity index (χ0n) is 27.4. The summed E-state index contributed by atoms with van der Waals surface area (Å²) in [5.74, 6) is 0. The Hall–Kier alpha value is -6.64. The maximum atomic E-state index is 6.60. The summed E-state index contributed by atoms with van der Waals surface area (Å²) in [7, 11) is 0. The highest BCUT2D eigenvalue weighted by Crippen LogP contribution is 2.50. The lowest BCUT2D eigenvalue weighted by Gasteiger charge is -2.31. The number of rotatable bonds is 7. The average Bonchev–Trinajstić information content (AvgIpc) is 3.58. The first-order chi connectivity index (χ1) is 24.8. The molecule has 0 atom stereocenters. The molecule has 2 heteroatoms. The normalized spacial score (nSPS) is 11.2. The second kappa shape index (κ2) is 12.8. The molecular weight excluding hydrogens is 607 g/mol. The highest BCUT2D eigenvalue weighted by molar-refractivity contribution is 6.11. The van der Waals surface area contributed by atoms with E-state index in [9.17, 15) is 0 Å². The summed E-state index contributed by atoms with van der Waals surface area (Å²) in [6.45, 7) is 0. The van der Waals surface area contributed by atoms with E-state index in [1.165, 1.54) is 33.4 Å². The Kier molecular flexibility index (Phi) is 7.53. The van der Waals surface area contributed by atoms with Crippen LogP contribution in [0.15, 0.2) is 205 Å². The third-order valence-corrected chi connectivity index (χ3v) is 9.50. The molecule has 0 spiro atoms. The second-order valence-electron chi connectivity index (χ2n) is 12.4. The quantitative estimate of drug-likeness (QED) is 0.173. The summed E-state index contributed by atoms with van der Waals surface area (Å²) in [6, 6.07) is 71.1. The van der Waals surface area contributed by atoms with Crippen LogP contribution in [0.5, 0.6) is 0 Å². The number of furan rings is 1. The van der Waals surface area contributed by atoms with Crippen LogP contribution in [0.2, 0.25) is 0 Å². The molecule has 0 aliphatic heterocycles. The highest BCUT2D eigenvalue weighted by atomic mass is 16.3. The van der Waals surface area contributed by atoms with Crippen molar-refractivity contribution in [1.29, 1.82) is 0 Å². The summed E-state index contributed by atoms with van der Waals surface area (Å²) in [4.78, 5) is 2.42. The summed E-state index contributed by atoms with van der Waals surface area (Å²) >= 11 is 0. The van der Waals surface area contributed by atoms with Crippen LogP contribution in [-0.4, -0.2) is 0 Å². The number of nitrogens with zero attached hydrogens (tertiary/aromatic N) is 1. The number of hydrogen-bond acceptors (Lipinski definition) is 2. The lowest BCUT2D eigenvalue weighted by molar-refractivity contribution is 0.670. The molecule has 0 amide bonds. The molecule has 0 aliphatic rings. The Morgan fingerprint density at radius 1 is 0.320 bits per heavy atom. The Balaban J connectivity index is 1.36. The van der Waals surface area contributed by atoms with Gasteiger partial charge in [-0.2, -0.15) is 0 Å². The molecule has 1 aromatic heterocycles. The predicted octanol–water partition coefficient (Wildman–Crippen LogP) is 13.7. The summed E-state index contributed by atoms with van der Waals surface area (Å²) in [5, 5.41) is 2.24. The van der Waals surface area contributed by atoms with Gasteiger partial charge < -0.3 is 9.32 Å². The lowest BCUT2D eigenvalue weighted by atomic mass is 9.87. The van der Waals surface area contributed by atoms with Gasteiger partial charge in [-0.3, -0.25) is 0 Å². The lowest BCUT2D eigenvalue weighted by Crippen LogP contribution is -2.13. The average molecular weight is 640 g/mol. The van der Waals surface area contributed by atoms with E-state index >= 15 is 0 Å². The van der Waals surface area contributed by atoms with Crippen molar-refractivity contribution >= 4 is 39.0 Å². The molecule has 9 aromatic rings. The van der Waals surface area contributed by atoms with Crippen molar-refractivity contribution in [1.82, 2.24) is 0 Å². The summed E-state index contributed by atoms with van der Waals surface area (Å²) in [6.07, 6.45) is 0. The van der Waals surface area contributed by atoms with Gasteiger partial charge in [-0.05, 0) is 58.1 Å². The first-order valence-electron chi connectivity index (χ1n) is 17.0. The molecule has 0 bridgehead atoms. The molecule has 8 aromatic carbocycles. The molecule has 0 radical (unpaired) electrons. The van der Waals surface area contributed by atoms with Crippen molar-refractivity contribution < 1.29 is 4.42 Å². The number of para-hydroxylation sites is 4. The van der Waals surface area contributed by atoms with E-state index in [-0.39, 0.29) is 0 Å². The van der Waals surface area contributed by atoms with Gasteiger partial charge in [0, 0.05) is 33.2 Å². The van der Waals surface area contributed by atoms with Crippen molar-refractivity contribution in [2.45, 2.75) is 0 Å². The van der Waals surface area contributed by atoms with Crippen molar-refractivity contribution in [3.8, 4) is 44.5 Å². The molecule has 1 heterocycles. The standard InChI is InChI=1S/C48H33NO/c1-4-18-34(19-5-1)37-24-10-11-27-41(37)47-38(35-20-6-2-7-21-35)28-17-32-45(47)49(36-22-8-3-9-23-36)44-31-14-12-25-39(44)42-29-16-30-43-40-26-13-15-33-46(40)50-48(42)43/h1-33H. The van der Waals surface area contributed by atoms with Crippen LogP contribution >= 0.6 is 0 Å². The molecule has 0 saturated carbocycles. The van der Waals surface area contributed by atoms with Crippen molar-refractivity contribution in [2.24, 2.45) is 0 Å². The monoisotopic (exact) mass is 639 g/mol. The van der Waals surface area contributed by atoms with E-state index in [1.807, 2.05) is 12.1 Å². The van der Waals surface area contributed by atoms with Gasteiger partial charge in [0.15, 0.2) is 0 Å². The van der Waals surface area contributed by atoms with Crippen LogP contribution in [0.3, 0.4) is 0 Å². The minimum atomic E-state index is 0.891. The first-order valence-corrected chi connectivity index (χ1v) is 17.0. The maximum Gasteiger partial charge on any atom is 0.143 e. The third kappa shape index (κ3) is 5.15. The topological polar surface area (TPSA) is 16.4 Å². The Morgan fingerprint density at radius 2 is 0.820 bits per heavy atom. The number of hydrogen-bond donors (Lipinski definition) is 0. The SMILES string of the molecule is c1ccc(-c2ccccc2-c2c(-c3ccccc3)cccc2N(c2ccccc2)c2ccccc2-c2cccc3c2oc2ccccc23)cc1. The zero-order valence-corrected chi connectivity index (χ0v) is 27.4. The molecule has 50 heavy (non-hydrogen) atoms. The van der Waals surface area contributed by atoms with Crippen LogP contribution in [0.1, 0.15) is 0 Å². The Labute approximate surface area is 292 Å². The molecule has 2 nitrogen and oxygen atoms in total. The molecule has 0 aliphatic carbocycles. The van der Waals surface area contributed by atoms with E-state index in [1.54, 1.807) is 0 Å². The Morgan fingerprint density at radius 3 is 1.58 bits per heavy atom. The van der Waals surface area contributed by atoms with Gasteiger partial charge in [0.05, 0.1) is 11.4 Å². The maximum absolute atomic E-state index is 6.60. The summed E-state index contributed by atoms with van der Waals surface area (Å²) in [5.41, 5.74) is 14.2. The molecule has 0 fully saturated rings. The third-order valence-electron chi connectivity index (χ3n) is 9.50. The van der Waals surface area contributed by atoms with Gasteiger partial charge in [-0.1, -0.05) is 170 Å². The fraction of sp³-hybridized carbons (Fsp3) is 0. The van der Waals surface area contributed by atoms with Gasteiger partial charge in [0.1, 0.15) is 11.2 Å². The van der Waals surface area contributed by atoms with Gasteiger partial charge in [-0.25, -0.2) is 0 Å². The number of fused-ring (bicyclic) bond motifs is 3. The number of benzene rings is 8. The fourth-order valence-corrected chi connectivity index (χ4v) is 7.28. The largest absolute Gasteiger partial charge is 0.455 e.